The van der Waals surface area contributed by atoms with Gasteiger partial charge in [-0.1, -0.05) is 48.5 Å². The van der Waals surface area contributed by atoms with E-state index in [0.29, 0.717) is 0 Å². The summed E-state index contributed by atoms with van der Waals surface area (Å²) >= 11 is 0. The van der Waals surface area contributed by atoms with Crippen LogP contribution in [0, 0.1) is 6.92 Å². The summed E-state index contributed by atoms with van der Waals surface area (Å²) < 4.78 is 6.20. The zero-order valence-electron chi connectivity index (χ0n) is 12.3. The van der Waals surface area contributed by atoms with Crippen molar-refractivity contribution >= 4 is 43.5 Å². The highest BCUT2D eigenvalue weighted by Gasteiger charge is 2.11. The van der Waals surface area contributed by atoms with Crippen molar-refractivity contribution in [3.05, 3.63) is 72.3 Å². The lowest BCUT2D eigenvalue weighted by Crippen LogP contribution is -1.78. The molecule has 1 nitrogen and oxygen atoms in total. The molecule has 5 aromatic rings. The fourth-order valence-corrected chi connectivity index (χ4v) is 3.43. The van der Waals surface area contributed by atoms with Gasteiger partial charge >= 0.3 is 0 Å². The maximum absolute atomic E-state index is 6.20. The fraction of sp³-hybridized carbons (Fsp3) is 0.0476. The molecule has 5 rings (SSSR count). The molecule has 104 valence electrons. The summed E-state index contributed by atoms with van der Waals surface area (Å²) in [6.07, 6.45) is 0. The Morgan fingerprint density at radius 2 is 1.36 bits per heavy atom. The summed E-state index contributed by atoms with van der Waals surface area (Å²) in [6.45, 7) is 2.10. The van der Waals surface area contributed by atoms with Crippen LogP contribution < -0.4 is 0 Å². The van der Waals surface area contributed by atoms with Gasteiger partial charge in [0.15, 0.2) is 0 Å². The number of fused-ring (bicyclic) bond motifs is 7. The zero-order valence-corrected chi connectivity index (χ0v) is 12.3. The van der Waals surface area contributed by atoms with Crippen LogP contribution in [0.15, 0.2) is 71.1 Å². The van der Waals surface area contributed by atoms with Crippen molar-refractivity contribution in [1.29, 1.82) is 0 Å². The minimum Gasteiger partial charge on any atom is -0.455 e. The minimum atomic E-state index is 0.968. The van der Waals surface area contributed by atoms with Gasteiger partial charge in [0.2, 0.25) is 0 Å². The van der Waals surface area contributed by atoms with Crippen LogP contribution >= 0.6 is 0 Å². The largest absolute Gasteiger partial charge is 0.455 e. The fourth-order valence-electron chi connectivity index (χ4n) is 3.43. The van der Waals surface area contributed by atoms with Gasteiger partial charge in [-0.15, -0.1) is 0 Å². The molecule has 4 aromatic carbocycles. The summed E-state index contributed by atoms with van der Waals surface area (Å²) in [5.41, 5.74) is 3.18. The third kappa shape index (κ3) is 1.48. The maximum Gasteiger partial charge on any atom is 0.143 e. The van der Waals surface area contributed by atoms with Gasteiger partial charge in [0.25, 0.3) is 0 Å². The Kier molecular flexibility index (Phi) is 2.21. The number of benzene rings is 4. The molecule has 22 heavy (non-hydrogen) atoms. The quantitative estimate of drug-likeness (QED) is 0.308. The third-order valence-corrected chi connectivity index (χ3v) is 4.52. The number of furan rings is 1. The molecule has 1 heterocycles. The van der Waals surface area contributed by atoms with Crippen molar-refractivity contribution in [2.24, 2.45) is 0 Å². The molecule has 0 radical (unpaired) electrons. The Balaban J connectivity index is 2.03. The van der Waals surface area contributed by atoms with Gasteiger partial charge in [-0.2, -0.15) is 0 Å². The highest BCUT2D eigenvalue weighted by molar-refractivity contribution is 6.20. The molecule has 1 heteroatoms. The molecular weight excluding hydrogens is 268 g/mol. The van der Waals surface area contributed by atoms with Gasteiger partial charge in [0, 0.05) is 16.2 Å². The molecule has 0 aliphatic heterocycles. The zero-order chi connectivity index (χ0) is 14.7. The summed E-state index contributed by atoms with van der Waals surface area (Å²) in [4.78, 5) is 0. The first-order valence-corrected chi connectivity index (χ1v) is 7.54. The number of hydrogen-bond donors (Lipinski definition) is 0. The predicted molar refractivity (Wildman–Crippen MR) is 93.5 cm³/mol. The van der Waals surface area contributed by atoms with Crippen LogP contribution in [0.2, 0.25) is 0 Å². The average Bonchev–Trinajstić information content (AvgIpc) is 2.92. The second kappa shape index (κ2) is 4.11. The lowest BCUT2D eigenvalue weighted by Gasteiger charge is -2.04. The summed E-state index contributed by atoms with van der Waals surface area (Å²) in [7, 11) is 0. The van der Waals surface area contributed by atoms with Crippen LogP contribution in [-0.4, -0.2) is 0 Å². The minimum absolute atomic E-state index is 0.968. The van der Waals surface area contributed by atoms with E-state index in [1.54, 1.807) is 0 Å². The van der Waals surface area contributed by atoms with Gasteiger partial charge in [-0.3, -0.25) is 0 Å². The highest BCUT2D eigenvalue weighted by atomic mass is 16.3. The van der Waals surface area contributed by atoms with Gasteiger partial charge in [0.1, 0.15) is 11.2 Å². The number of rotatable bonds is 0. The van der Waals surface area contributed by atoms with Crippen molar-refractivity contribution in [2.45, 2.75) is 6.92 Å². The summed E-state index contributed by atoms with van der Waals surface area (Å²) in [5, 5.41) is 7.36. The van der Waals surface area contributed by atoms with Crippen molar-refractivity contribution < 1.29 is 4.42 Å². The first-order chi connectivity index (χ1) is 10.8. The molecule has 0 N–H and O–H groups in total. The monoisotopic (exact) mass is 282 g/mol. The molecule has 0 saturated heterocycles. The molecule has 0 unspecified atom stereocenters. The van der Waals surface area contributed by atoms with E-state index in [1.165, 1.54) is 37.9 Å². The van der Waals surface area contributed by atoms with E-state index in [1.807, 2.05) is 0 Å². The van der Waals surface area contributed by atoms with Gasteiger partial charge < -0.3 is 4.42 Å². The lowest BCUT2D eigenvalue weighted by molar-refractivity contribution is 0.672. The van der Waals surface area contributed by atoms with Crippen LogP contribution in [0.1, 0.15) is 5.56 Å². The normalized spacial score (nSPS) is 11.9. The van der Waals surface area contributed by atoms with E-state index in [4.69, 9.17) is 4.42 Å². The Hall–Kier alpha value is -2.80. The van der Waals surface area contributed by atoms with Crippen molar-refractivity contribution in [3.8, 4) is 0 Å². The number of hydrogen-bond acceptors (Lipinski definition) is 1. The smallest absolute Gasteiger partial charge is 0.143 e. The lowest BCUT2D eigenvalue weighted by atomic mass is 10.00. The molecule has 0 atom stereocenters. The maximum atomic E-state index is 6.20. The van der Waals surface area contributed by atoms with Gasteiger partial charge in [-0.25, -0.2) is 0 Å². The van der Waals surface area contributed by atoms with E-state index < -0.39 is 0 Å². The van der Waals surface area contributed by atoms with Crippen LogP contribution in [0.4, 0.5) is 0 Å². The topological polar surface area (TPSA) is 13.1 Å². The van der Waals surface area contributed by atoms with Crippen LogP contribution in [-0.2, 0) is 0 Å². The second-order valence-electron chi connectivity index (χ2n) is 5.93. The highest BCUT2D eigenvalue weighted by Crippen LogP contribution is 2.36. The molecule has 0 spiro atoms. The van der Waals surface area contributed by atoms with Gasteiger partial charge in [0.05, 0.1) is 0 Å². The Morgan fingerprint density at radius 1 is 0.636 bits per heavy atom. The van der Waals surface area contributed by atoms with Crippen molar-refractivity contribution in [3.63, 3.8) is 0 Å². The first-order valence-electron chi connectivity index (χ1n) is 7.54. The molecule has 0 amide bonds. The predicted octanol–water partition coefficient (Wildman–Crippen LogP) is 6.20. The molecular formula is C21H14O. The van der Waals surface area contributed by atoms with Crippen LogP contribution in [0.3, 0.4) is 0 Å². The van der Waals surface area contributed by atoms with Gasteiger partial charge in [-0.05, 0) is 46.8 Å². The molecule has 0 aliphatic carbocycles. The average molecular weight is 282 g/mol. The summed E-state index contributed by atoms with van der Waals surface area (Å²) in [5.74, 6) is 0. The van der Waals surface area contributed by atoms with E-state index in [2.05, 4.69) is 73.7 Å². The number of aryl methyl sites for hydroxylation is 1. The van der Waals surface area contributed by atoms with E-state index in [-0.39, 0.29) is 0 Å². The van der Waals surface area contributed by atoms with Crippen molar-refractivity contribution in [1.82, 2.24) is 0 Å². The Morgan fingerprint density at radius 3 is 2.32 bits per heavy atom. The van der Waals surface area contributed by atoms with E-state index in [0.717, 1.165) is 11.2 Å². The molecule has 0 fully saturated rings. The molecule has 0 aliphatic rings. The Labute approximate surface area is 127 Å². The second-order valence-corrected chi connectivity index (χ2v) is 5.93. The van der Waals surface area contributed by atoms with Crippen LogP contribution in [0.25, 0.3) is 43.5 Å². The van der Waals surface area contributed by atoms with E-state index >= 15 is 0 Å². The summed E-state index contributed by atoms with van der Waals surface area (Å²) in [6, 6.07) is 23.7. The molecule has 0 saturated carbocycles. The third-order valence-electron chi connectivity index (χ3n) is 4.52. The first kappa shape index (κ1) is 11.8. The SMILES string of the molecule is Cc1ccc2c(c1)oc1c2ccc2c3ccccc3ccc21. The Bertz CT molecular complexity index is 1180. The van der Waals surface area contributed by atoms with E-state index in [9.17, 15) is 0 Å². The molecule has 0 bridgehead atoms. The van der Waals surface area contributed by atoms with Crippen molar-refractivity contribution in [2.75, 3.05) is 0 Å². The molecule has 1 aromatic heterocycles. The standard InChI is InChI=1S/C21H14O/c1-13-6-8-17-19-11-10-16-15-5-3-2-4-14(15)7-9-18(16)21(19)22-20(17)12-13/h2-12H,1H3. The van der Waals surface area contributed by atoms with Crippen LogP contribution in [0.5, 0.6) is 0 Å².